The highest BCUT2D eigenvalue weighted by molar-refractivity contribution is 5.80. The molecule has 0 unspecified atom stereocenters. The van der Waals surface area contributed by atoms with E-state index in [1.54, 1.807) is 0 Å². The van der Waals surface area contributed by atoms with E-state index in [1.807, 2.05) is 0 Å². The molecule has 1 amide bonds. The Labute approximate surface area is 121 Å². The molecule has 0 aromatic rings. The van der Waals surface area contributed by atoms with E-state index in [9.17, 15) is 9.59 Å². The van der Waals surface area contributed by atoms with Crippen molar-refractivity contribution in [2.75, 3.05) is 0 Å². The molecule has 0 aromatic heterocycles. The largest absolute Gasteiger partial charge is 0.481 e. The lowest BCUT2D eigenvalue weighted by molar-refractivity contribution is -0.140. The molecule has 2 aliphatic carbocycles. The first-order chi connectivity index (χ1) is 9.51. The average Bonchev–Trinajstić information content (AvgIpc) is 2.39. The maximum atomic E-state index is 12.5. The normalized spacial score (nSPS) is 29.6. The van der Waals surface area contributed by atoms with Crippen LogP contribution in [0.25, 0.3) is 0 Å². The summed E-state index contributed by atoms with van der Waals surface area (Å²) in [4.78, 5) is 23.6. The molecule has 0 bridgehead atoms. The molecule has 20 heavy (non-hydrogen) atoms. The third kappa shape index (κ3) is 3.97. The molecule has 0 aliphatic heterocycles. The monoisotopic (exact) mass is 281 g/mol. The smallest absolute Gasteiger partial charge is 0.305 e. The summed E-state index contributed by atoms with van der Waals surface area (Å²) in [5, 5.41) is 12.3. The molecule has 4 nitrogen and oxygen atoms in total. The highest BCUT2D eigenvalue weighted by atomic mass is 16.4. The van der Waals surface area contributed by atoms with E-state index in [2.05, 4.69) is 12.2 Å². The molecular weight excluding hydrogens is 254 g/mol. The lowest BCUT2D eigenvalue weighted by atomic mass is 9.77. The van der Waals surface area contributed by atoms with E-state index in [-0.39, 0.29) is 18.2 Å². The zero-order chi connectivity index (χ0) is 14.6. The Hall–Kier alpha value is -1.06. The number of aliphatic carboxylic acids is 1. The van der Waals surface area contributed by atoms with Crippen LogP contribution < -0.4 is 5.32 Å². The van der Waals surface area contributed by atoms with Crippen molar-refractivity contribution in [3.63, 3.8) is 0 Å². The number of carboxylic acids is 1. The fourth-order valence-corrected chi connectivity index (χ4v) is 3.75. The quantitative estimate of drug-likeness (QED) is 0.832. The van der Waals surface area contributed by atoms with Crippen molar-refractivity contribution < 1.29 is 14.7 Å². The molecule has 0 heterocycles. The van der Waals surface area contributed by atoms with Crippen molar-refractivity contribution in [1.82, 2.24) is 5.32 Å². The Bertz CT molecular complexity index is 353. The van der Waals surface area contributed by atoms with Gasteiger partial charge in [-0.25, -0.2) is 0 Å². The van der Waals surface area contributed by atoms with Crippen molar-refractivity contribution in [3.05, 3.63) is 0 Å². The lowest BCUT2D eigenvalue weighted by Gasteiger charge is -2.38. The summed E-state index contributed by atoms with van der Waals surface area (Å²) >= 11 is 0. The molecule has 2 fully saturated rings. The summed E-state index contributed by atoms with van der Waals surface area (Å²) in [5.41, 5.74) is -0.482. The molecule has 2 rings (SSSR count). The number of carboxylic acid groups (broad SMARTS) is 1. The van der Waals surface area contributed by atoms with Crippen LogP contribution in [0, 0.1) is 11.8 Å². The summed E-state index contributed by atoms with van der Waals surface area (Å²) in [6.45, 7) is 2.24. The average molecular weight is 281 g/mol. The van der Waals surface area contributed by atoms with Crippen LogP contribution in [-0.4, -0.2) is 22.5 Å². The van der Waals surface area contributed by atoms with Crippen molar-refractivity contribution in [2.24, 2.45) is 11.8 Å². The van der Waals surface area contributed by atoms with Gasteiger partial charge in [0.15, 0.2) is 0 Å². The van der Waals surface area contributed by atoms with Crippen LogP contribution in [0.4, 0.5) is 0 Å². The molecule has 2 N–H and O–H groups in total. The van der Waals surface area contributed by atoms with E-state index in [0.717, 1.165) is 63.7 Å². The Balaban J connectivity index is 1.96. The number of hydrogen-bond acceptors (Lipinski definition) is 2. The third-order valence-corrected chi connectivity index (χ3v) is 5.08. The van der Waals surface area contributed by atoms with Crippen LogP contribution in [0.3, 0.4) is 0 Å². The molecular formula is C16H27NO3. The van der Waals surface area contributed by atoms with Gasteiger partial charge in [-0.3, -0.25) is 9.59 Å². The van der Waals surface area contributed by atoms with Gasteiger partial charge < -0.3 is 10.4 Å². The third-order valence-electron chi connectivity index (χ3n) is 5.08. The second-order valence-corrected chi connectivity index (χ2v) is 6.86. The van der Waals surface area contributed by atoms with Crippen LogP contribution in [0.15, 0.2) is 0 Å². The van der Waals surface area contributed by atoms with Crippen LogP contribution >= 0.6 is 0 Å². The molecule has 114 valence electrons. The van der Waals surface area contributed by atoms with Gasteiger partial charge in [-0.15, -0.1) is 0 Å². The van der Waals surface area contributed by atoms with Crippen molar-refractivity contribution in [1.29, 1.82) is 0 Å². The second kappa shape index (κ2) is 6.59. The Morgan fingerprint density at radius 1 is 1.10 bits per heavy atom. The molecule has 2 saturated carbocycles. The fourth-order valence-electron chi connectivity index (χ4n) is 3.75. The van der Waals surface area contributed by atoms with Gasteiger partial charge in [-0.05, 0) is 44.4 Å². The number of nitrogens with one attached hydrogen (secondary N) is 1. The van der Waals surface area contributed by atoms with E-state index in [4.69, 9.17) is 5.11 Å². The molecule has 0 aromatic carbocycles. The van der Waals surface area contributed by atoms with Gasteiger partial charge in [0.1, 0.15) is 0 Å². The number of hydrogen-bond donors (Lipinski definition) is 2. The van der Waals surface area contributed by atoms with Crippen molar-refractivity contribution in [3.8, 4) is 0 Å². The minimum atomic E-state index is -0.801. The summed E-state index contributed by atoms with van der Waals surface area (Å²) in [6, 6.07) is 0. The predicted octanol–water partition coefficient (Wildman–Crippen LogP) is 3.11. The molecule has 0 spiro atoms. The van der Waals surface area contributed by atoms with Crippen LogP contribution in [0.1, 0.15) is 71.1 Å². The molecule has 0 radical (unpaired) electrons. The number of amides is 1. The lowest BCUT2D eigenvalue weighted by Crippen LogP contribution is -2.53. The Morgan fingerprint density at radius 3 is 2.25 bits per heavy atom. The minimum Gasteiger partial charge on any atom is -0.481 e. The number of rotatable bonds is 4. The van der Waals surface area contributed by atoms with E-state index in [1.165, 1.54) is 0 Å². The molecule has 0 atom stereocenters. The highest BCUT2D eigenvalue weighted by Gasteiger charge is 2.37. The van der Waals surface area contributed by atoms with Gasteiger partial charge in [0.05, 0.1) is 12.0 Å². The summed E-state index contributed by atoms with van der Waals surface area (Å²) < 4.78 is 0. The fraction of sp³-hybridized carbons (Fsp3) is 0.875. The van der Waals surface area contributed by atoms with Crippen molar-refractivity contribution >= 4 is 11.9 Å². The van der Waals surface area contributed by atoms with E-state index < -0.39 is 11.5 Å². The highest BCUT2D eigenvalue weighted by Crippen LogP contribution is 2.33. The number of carbonyl (C=O) groups excluding carboxylic acids is 1. The maximum absolute atomic E-state index is 12.5. The molecule has 2 aliphatic rings. The predicted molar refractivity (Wildman–Crippen MR) is 77.3 cm³/mol. The first-order valence-corrected chi connectivity index (χ1v) is 8.05. The summed E-state index contributed by atoms with van der Waals surface area (Å²) in [5.74, 6) is 0.116. The van der Waals surface area contributed by atoms with E-state index >= 15 is 0 Å². The Morgan fingerprint density at radius 2 is 1.70 bits per heavy atom. The topological polar surface area (TPSA) is 66.4 Å². The molecule has 4 heteroatoms. The van der Waals surface area contributed by atoms with Crippen LogP contribution in [0.5, 0.6) is 0 Å². The SMILES string of the molecule is CC1CCC(C(=O)NC2(CC(=O)O)CCCCC2)CC1. The Kier molecular flexibility index (Phi) is 5.06. The molecule has 0 saturated heterocycles. The maximum Gasteiger partial charge on any atom is 0.305 e. The van der Waals surface area contributed by atoms with Gasteiger partial charge >= 0.3 is 5.97 Å². The summed E-state index contributed by atoms with van der Waals surface area (Å²) in [6.07, 6.45) is 9.03. The van der Waals surface area contributed by atoms with Crippen molar-refractivity contribution in [2.45, 2.75) is 76.7 Å². The second-order valence-electron chi connectivity index (χ2n) is 6.86. The standard InChI is InChI=1S/C16H27NO3/c1-12-5-7-13(8-6-12)15(20)17-16(11-14(18)19)9-3-2-4-10-16/h12-13H,2-11H2,1H3,(H,17,20)(H,18,19). The van der Waals surface area contributed by atoms with Crippen LogP contribution in [-0.2, 0) is 9.59 Å². The van der Waals surface area contributed by atoms with Gasteiger partial charge in [-0.1, -0.05) is 26.2 Å². The van der Waals surface area contributed by atoms with E-state index in [0.29, 0.717) is 0 Å². The van der Waals surface area contributed by atoms with Gasteiger partial charge in [-0.2, -0.15) is 0 Å². The van der Waals surface area contributed by atoms with Gasteiger partial charge in [0.2, 0.25) is 5.91 Å². The first-order valence-electron chi connectivity index (χ1n) is 8.05. The van der Waals surface area contributed by atoms with Crippen LogP contribution in [0.2, 0.25) is 0 Å². The zero-order valence-corrected chi connectivity index (χ0v) is 12.5. The van der Waals surface area contributed by atoms with Gasteiger partial charge in [0, 0.05) is 5.92 Å². The first kappa shape index (κ1) is 15.3. The summed E-state index contributed by atoms with van der Waals surface area (Å²) in [7, 11) is 0. The number of carbonyl (C=O) groups is 2. The van der Waals surface area contributed by atoms with Gasteiger partial charge in [0.25, 0.3) is 0 Å². The minimum absolute atomic E-state index is 0.0713. The zero-order valence-electron chi connectivity index (χ0n) is 12.5.